The number of rotatable bonds is 6. The summed E-state index contributed by atoms with van der Waals surface area (Å²) in [7, 11) is 0. The molecule has 126 valence electrons. The summed E-state index contributed by atoms with van der Waals surface area (Å²) in [6.07, 6.45) is 0. The maximum Gasteiger partial charge on any atom is 0.279 e. The molecule has 0 atom stereocenters. The van der Waals surface area contributed by atoms with Crippen LogP contribution >= 0.6 is 0 Å². The summed E-state index contributed by atoms with van der Waals surface area (Å²) in [4.78, 5) is 13.5. The van der Waals surface area contributed by atoms with Gasteiger partial charge in [0.15, 0.2) is 18.0 Å². The largest absolute Gasteiger partial charge is 0.486 e. The fraction of sp³-hybridized carbons (Fsp3) is 0.562. The molecular formula is C16H25N3O4+2. The van der Waals surface area contributed by atoms with Crippen molar-refractivity contribution in [2.45, 2.75) is 0 Å². The highest BCUT2D eigenvalue weighted by Gasteiger charge is 2.15. The van der Waals surface area contributed by atoms with Crippen LogP contribution in [0.2, 0.25) is 0 Å². The second-order valence-electron chi connectivity index (χ2n) is 5.80. The van der Waals surface area contributed by atoms with Crippen LogP contribution in [0.25, 0.3) is 0 Å². The van der Waals surface area contributed by atoms with Crippen LogP contribution in [0, 0.1) is 0 Å². The molecule has 2 aliphatic heterocycles. The first-order chi connectivity index (χ1) is 11.3. The first-order valence-corrected chi connectivity index (χ1v) is 8.24. The predicted octanol–water partition coefficient (Wildman–Crippen LogP) is -2.13. The van der Waals surface area contributed by atoms with Gasteiger partial charge < -0.3 is 29.7 Å². The van der Waals surface area contributed by atoms with Gasteiger partial charge >= 0.3 is 0 Å². The van der Waals surface area contributed by atoms with Crippen LogP contribution < -0.4 is 25.0 Å². The summed E-state index contributed by atoms with van der Waals surface area (Å²) in [6, 6.07) is 5.48. The average Bonchev–Trinajstić information content (AvgIpc) is 2.59. The number of hydrogen-bond acceptors (Lipinski definition) is 4. The van der Waals surface area contributed by atoms with Gasteiger partial charge in [0.25, 0.3) is 5.91 Å². The third kappa shape index (κ3) is 4.82. The highest BCUT2D eigenvalue weighted by molar-refractivity contribution is 5.91. The lowest BCUT2D eigenvalue weighted by Gasteiger charge is -2.22. The van der Waals surface area contributed by atoms with Gasteiger partial charge in [0.05, 0.1) is 13.2 Å². The Hall–Kier alpha value is -1.83. The van der Waals surface area contributed by atoms with E-state index in [2.05, 4.69) is 10.6 Å². The standard InChI is InChI=1S/C16H23N3O4/c20-16(12-17-3-4-19-5-7-21-8-6-19)18-13-1-2-14-15(11-13)23-10-9-22-14/h1-2,11,17H,3-10,12H2,(H,18,20)/p+2. The minimum absolute atomic E-state index is 0.00125. The van der Waals surface area contributed by atoms with E-state index in [0.717, 1.165) is 50.8 Å². The first-order valence-electron chi connectivity index (χ1n) is 8.24. The predicted molar refractivity (Wildman–Crippen MR) is 84.1 cm³/mol. The highest BCUT2D eigenvalue weighted by Crippen LogP contribution is 2.32. The Kier molecular flexibility index (Phi) is 5.68. The van der Waals surface area contributed by atoms with E-state index in [1.807, 2.05) is 18.2 Å². The topological polar surface area (TPSA) is 77.8 Å². The maximum absolute atomic E-state index is 12.0. The zero-order chi connectivity index (χ0) is 15.9. The lowest BCUT2D eigenvalue weighted by Crippen LogP contribution is -3.16. The van der Waals surface area contributed by atoms with Crippen LogP contribution in [0.15, 0.2) is 18.2 Å². The van der Waals surface area contributed by atoms with Gasteiger partial charge in [0.2, 0.25) is 0 Å². The summed E-state index contributed by atoms with van der Waals surface area (Å²) < 4.78 is 16.3. The molecule has 0 aliphatic carbocycles. The number of morpholine rings is 1. The van der Waals surface area contributed by atoms with Crippen molar-refractivity contribution in [2.24, 2.45) is 0 Å². The van der Waals surface area contributed by atoms with Crippen LogP contribution in [0.4, 0.5) is 5.69 Å². The Labute approximate surface area is 135 Å². The third-order valence-electron chi connectivity index (χ3n) is 4.06. The van der Waals surface area contributed by atoms with Gasteiger partial charge in [-0.25, -0.2) is 0 Å². The van der Waals surface area contributed by atoms with E-state index in [4.69, 9.17) is 14.2 Å². The molecule has 1 aromatic rings. The second kappa shape index (κ2) is 8.14. The van der Waals surface area contributed by atoms with E-state index in [0.29, 0.717) is 25.5 Å². The van der Waals surface area contributed by atoms with E-state index in [9.17, 15) is 4.79 Å². The number of ether oxygens (including phenoxy) is 3. The molecule has 1 saturated heterocycles. The Morgan fingerprint density at radius 1 is 1.13 bits per heavy atom. The molecule has 0 aromatic heterocycles. The third-order valence-corrected chi connectivity index (χ3v) is 4.06. The minimum atomic E-state index is -0.00125. The molecule has 0 bridgehead atoms. The van der Waals surface area contributed by atoms with Gasteiger partial charge in [-0.15, -0.1) is 0 Å². The smallest absolute Gasteiger partial charge is 0.279 e. The van der Waals surface area contributed by atoms with Crippen molar-refractivity contribution in [2.75, 3.05) is 64.5 Å². The van der Waals surface area contributed by atoms with Crippen molar-refractivity contribution in [3.63, 3.8) is 0 Å². The molecule has 4 N–H and O–H groups in total. The van der Waals surface area contributed by atoms with E-state index < -0.39 is 0 Å². The van der Waals surface area contributed by atoms with Crippen LogP contribution in [0.1, 0.15) is 0 Å². The van der Waals surface area contributed by atoms with Crippen molar-refractivity contribution in [3.05, 3.63) is 18.2 Å². The number of nitrogens with two attached hydrogens (primary N) is 1. The first kappa shape index (κ1) is 16.0. The van der Waals surface area contributed by atoms with Gasteiger partial charge in [-0.2, -0.15) is 0 Å². The number of quaternary nitrogens is 2. The van der Waals surface area contributed by atoms with E-state index in [-0.39, 0.29) is 5.91 Å². The number of anilines is 1. The molecule has 23 heavy (non-hydrogen) atoms. The van der Waals surface area contributed by atoms with Crippen molar-refractivity contribution in [1.29, 1.82) is 0 Å². The van der Waals surface area contributed by atoms with Gasteiger partial charge in [-0.1, -0.05) is 0 Å². The number of nitrogens with one attached hydrogen (secondary N) is 2. The van der Waals surface area contributed by atoms with Crippen molar-refractivity contribution in [1.82, 2.24) is 0 Å². The molecule has 1 amide bonds. The van der Waals surface area contributed by atoms with Crippen molar-refractivity contribution < 1.29 is 29.2 Å². The number of carbonyl (C=O) groups excluding carboxylic acids is 1. The number of hydrogen-bond donors (Lipinski definition) is 3. The zero-order valence-corrected chi connectivity index (χ0v) is 13.3. The summed E-state index contributed by atoms with van der Waals surface area (Å²) in [6.45, 7) is 7.39. The van der Waals surface area contributed by atoms with Crippen LogP contribution in [0.3, 0.4) is 0 Å². The Morgan fingerprint density at radius 3 is 2.74 bits per heavy atom. The van der Waals surface area contributed by atoms with Crippen molar-refractivity contribution in [3.8, 4) is 11.5 Å². The molecular weight excluding hydrogens is 298 g/mol. The van der Waals surface area contributed by atoms with Crippen molar-refractivity contribution >= 4 is 11.6 Å². The lowest BCUT2D eigenvalue weighted by atomic mass is 10.2. The monoisotopic (exact) mass is 323 g/mol. The average molecular weight is 323 g/mol. The fourth-order valence-corrected chi connectivity index (χ4v) is 2.78. The second-order valence-corrected chi connectivity index (χ2v) is 5.80. The Morgan fingerprint density at radius 2 is 1.91 bits per heavy atom. The SMILES string of the molecule is O=C(C[NH2+]CC[NH+]1CCOCC1)Nc1ccc2c(c1)OCCO2. The molecule has 1 fully saturated rings. The summed E-state index contributed by atoms with van der Waals surface area (Å²) in [5.74, 6) is 1.42. The fourth-order valence-electron chi connectivity index (χ4n) is 2.78. The van der Waals surface area contributed by atoms with Gasteiger partial charge in [0, 0.05) is 11.8 Å². The van der Waals surface area contributed by atoms with Crippen LogP contribution in [-0.4, -0.2) is 65.1 Å². The Bertz CT molecular complexity index is 532. The Balaban J connectivity index is 1.37. The number of amides is 1. The molecule has 0 unspecified atom stereocenters. The molecule has 1 aromatic carbocycles. The zero-order valence-electron chi connectivity index (χ0n) is 13.3. The summed E-state index contributed by atoms with van der Waals surface area (Å²) >= 11 is 0. The number of fused-ring (bicyclic) bond motifs is 1. The molecule has 7 nitrogen and oxygen atoms in total. The van der Waals surface area contributed by atoms with Crippen LogP contribution in [-0.2, 0) is 9.53 Å². The molecule has 3 rings (SSSR count). The lowest BCUT2D eigenvalue weighted by molar-refractivity contribution is -0.919. The highest BCUT2D eigenvalue weighted by atomic mass is 16.6. The molecule has 7 heteroatoms. The quantitative estimate of drug-likeness (QED) is 0.523. The van der Waals surface area contributed by atoms with Crippen LogP contribution in [0.5, 0.6) is 11.5 Å². The van der Waals surface area contributed by atoms with Gasteiger partial charge in [-0.3, -0.25) is 4.79 Å². The van der Waals surface area contributed by atoms with E-state index in [1.165, 1.54) is 0 Å². The normalized spacial score (nSPS) is 17.7. The maximum atomic E-state index is 12.0. The van der Waals surface area contributed by atoms with Gasteiger partial charge in [0.1, 0.15) is 39.4 Å². The summed E-state index contributed by atoms with van der Waals surface area (Å²) in [5, 5.41) is 4.95. The summed E-state index contributed by atoms with van der Waals surface area (Å²) in [5.41, 5.74) is 0.742. The van der Waals surface area contributed by atoms with E-state index >= 15 is 0 Å². The minimum Gasteiger partial charge on any atom is -0.486 e. The molecule has 0 spiro atoms. The molecule has 0 saturated carbocycles. The molecule has 2 aliphatic rings. The van der Waals surface area contributed by atoms with Gasteiger partial charge in [-0.05, 0) is 12.1 Å². The molecule has 2 heterocycles. The number of carbonyl (C=O) groups is 1. The van der Waals surface area contributed by atoms with E-state index in [1.54, 1.807) is 4.90 Å². The number of benzene rings is 1. The molecule has 0 radical (unpaired) electrons.